The van der Waals surface area contributed by atoms with Crippen molar-refractivity contribution in [1.82, 2.24) is 9.80 Å². The molecule has 0 aromatic heterocycles. The van der Waals surface area contributed by atoms with Crippen molar-refractivity contribution in [2.24, 2.45) is 0 Å². The van der Waals surface area contributed by atoms with Crippen LogP contribution in [-0.4, -0.2) is 21.9 Å². The SMILES string of the molecule is CC1=C(C)N(C(C)C)[CH-]N1C(C)C.[Fe]. The molecule has 0 N–H and O–H groups in total. The van der Waals surface area contributed by atoms with E-state index in [0.717, 1.165) is 0 Å². The molecule has 84 valence electrons. The average Bonchev–Trinajstić information content (AvgIpc) is 2.29. The Bertz CT molecular complexity index is 199. The summed E-state index contributed by atoms with van der Waals surface area (Å²) in [6.45, 7) is 15.5. The summed E-state index contributed by atoms with van der Waals surface area (Å²) in [5.41, 5.74) is 2.76. The molecule has 0 saturated heterocycles. The number of hydrogen-bond donors (Lipinski definition) is 0. The molecule has 0 amide bonds. The van der Waals surface area contributed by atoms with Gasteiger partial charge >= 0.3 is 0 Å². The molecule has 0 saturated carbocycles. The van der Waals surface area contributed by atoms with Crippen molar-refractivity contribution in [3.63, 3.8) is 0 Å². The summed E-state index contributed by atoms with van der Waals surface area (Å²) < 4.78 is 0. The molecular weight excluding hydrogens is 216 g/mol. The summed E-state index contributed by atoms with van der Waals surface area (Å²) in [6.07, 6.45) is 0. The van der Waals surface area contributed by atoms with Gasteiger partial charge in [-0.2, -0.15) is 6.67 Å². The van der Waals surface area contributed by atoms with Crippen molar-refractivity contribution >= 4 is 0 Å². The van der Waals surface area contributed by atoms with Gasteiger partial charge in [-0.05, 0) is 65.0 Å². The number of rotatable bonds is 2. The van der Waals surface area contributed by atoms with Gasteiger partial charge in [-0.15, -0.1) is 0 Å². The molecule has 0 spiro atoms. The van der Waals surface area contributed by atoms with Gasteiger partial charge in [0.05, 0.1) is 0 Å². The quantitative estimate of drug-likeness (QED) is 0.538. The zero-order valence-electron chi connectivity index (χ0n) is 9.98. The fourth-order valence-corrected chi connectivity index (χ4v) is 1.72. The van der Waals surface area contributed by atoms with Crippen molar-refractivity contribution in [1.29, 1.82) is 0 Å². The Morgan fingerprint density at radius 2 is 1.14 bits per heavy atom. The van der Waals surface area contributed by atoms with Crippen LogP contribution in [0.5, 0.6) is 0 Å². The van der Waals surface area contributed by atoms with Crippen LogP contribution in [0.2, 0.25) is 0 Å². The minimum atomic E-state index is 0. The number of hydrogen-bond acceptors (Lipinski definition) is 2. The van der Waals surface area contributed by atoms with E-state index >= 15 is 0 Å². The first-order valence-corrected chi connectivity index (χ1v) is 5.04. The second-order valence-corrected chi connectivity index (χ2v) is 4.29. The smallest absolute Gasteiger partial charge is 0 e. The molecule has 0 aromatic carbocycles. The molecule has 1 rings (SSSR count). The van der Waals surface area contributed by atoms with Crippen LogP contribution in [0.1, 0.15) is 41.5 Å². The van der Waals surface area contributed by atoms with Crippen LogP contribution >= 0.6 is 0 Å². The second-order valence-electron chi connectivity index (χ2n) is 4.29. The van der Waals surface area contributed by atoms with E-state index < -0.39 is 0 Å². The van der Waals surface area contributed by atoms with E-state index in [2.05, 4.69) is 58.0 Å². The van der Waals surface area contributed by atoms with Crippen LogP contribution in [0, 0.1) is 6.67 Å². The van der Waals surface area contributed by atoms with Gasteiger partial charge in [-0.25, -0.2) is 0 Å². The summed E-state index contributed by atoms with van der Waals surface area (Å²) >= 11 is 0. The van der Waals surface area contributed by atoms with Gasteiger partial charge in [0.25, 0.3) is 0 Å². The van der Waals surface area contributed by atoms with Gasteiger partial charge in [-0.1, -0.05) is 0 Å². The number of nitrogens with zero attached hydrogens (tertiary/aromatic N) is 2. The first-order chi connectivity index (χ1) is 5.95. The number of allylic oxidation sites excluding steroid dienone is 2. The Hall–Kier alpha value is -0.141. The fraction of sp³-hybridized carbons (Fsp3) is 0.727. The molecule has 2 nitrogen and oxygen atoms in total. The van der Waals surface area contributed by atoms with Gasteiger partial charge in [0, 0.05) is 17.1 Å². The minimum absolute atomic E-state index is 0. The van der Waals surface area contributed by atoms with Gasteiger partial charge in [0.15, 0.2) is 0 Å². The van der Waals surface area contributed by atoms with E-state index in [1.165, 1.54) is 11.4 Å². The summed E-state index contributed by atoms with van der Waals surface area (Å²) in [5.74, 6) is 0. The van der Waals surface area contributed by atoms with Crippen LogP contribution in [-0.2, 0) is 17.1 Å². The topological polar surface area (TPSA) is 6.48 Å². The molecule has 1 aliphatic rings. The Balaban J connectivity index is 0.00000169. The first kappa shape index (κ1) is 13.9. The summed E-state index contributed by atoms with van der Waals surface area (Å²) in [4.78, 5) is 4.66. The molecule has 0 unspecified atom stereocenters. The monoisotopic (exact) mass is 237 g/mol. The van der Waals surface area contributed by atoms with Crippen molar-refractivity contribution in [2.45, 2.75) is 53.6 Å². The largest absolute Gasteiger partial charge is 0.504 e. The third kappa shape index (κ3) is 2.46. The van der Waals surface area contributed by atoms with Gasteiger partial charge in [-0.3, -0.25) is 0 Å². The van der Waals surface area contributed by atoms with Gasteiger partial charge in [0.2, 0.25) is 0 Å². The van der Waals surface area contributed by atoms with E-state index in [9.17, 15) is 0 Å². The molecule has 0 aliphatic carbocycles. The van der Waals surface area contributed by atoms with E-state index in [0.29, 0.717) is 12.1 Å². The maximum Gasteiger partial charge on any atom is 0 e. The molecule has 1 aliphatic heterocycles. The van der Waals surface area contributed by atoms with Crippen molar-refractivity contribution < 1.29 is 17.1 Å². The Labute approximate surface area is 98.8 Å². The van der Waals surface area contributed by atoms with Crippen molar-refractivity contribution in [3.05, 3.63) is 18.1 Å². The van der Waals surface area contributed by atoms with Crippen LogP contribution in [0.25, 0.3) is 0 Å². The molecule has 0 aromatic rings. The molecule has 0 bridgehead atoms. The van der Waals surface area contributed by atoms with Crippen LogP contribution in [0.4, 0.5) is 0 Å². The Kier molecular flexibility index (Phi) is 5.03. The van der Waals surface area contributed by atoms with Crippen LogP contribution < -0.4 is 0 Å². The predicted octanol–water partition coefficient (Wildman–Crippen LogP) is 2.79. The summed E-state index contributed by atoms with van der Waals surface area (Å²) in [7, 11) is 0. The molecule has 14 heavy (non-hydrogen) atoms. The molecular formula is C11H21FeN2-. The molecule has 0 fully saturated rings. The minimum Gasteiger partial charge on any atom is -0.504 e. The molecule has 3 heteroatoms. The predicted molar refractivity (Wildman–Crippen MR) is 56.6 cm³/mol. The van der Waals surface area contributed by atoms with E-state index in [1.54, 1.807) is 0 Å². The summed E-state index contributed by atoms with van der Waals surface area (Å²) in [5, 5.41) is 0. The third-order valence-corrected chi connectivity index (χ3v) is 2.66. The molecule has 0 atom stereocenters. The molecule has 0 radical (unpaired) electrons. The van der Waals surface area contributed by atoms with Crippen molar-refractivity contribution in [2.75, 3.05) is 0 Å². The maximum absolute atomic E-state index is 2.33. The van der Waals surface area contributed by atoms with E-state index in [1.807, 2.05) is 0 Å². The maximum atomic E-state index is 2.33. The third-order valence-electron chi connectivity index (χ3n) is 2.66. The normalized spacial score (nSPS) is 17.1. The Morgan fingerprint density at radius 3 is 1.29 bits per heavy atom. The second kappa shape index (κ2) is 5.09. The standard InChI is InChI=1S/C11H21N2.Fe/c1-8(2)12-7-13(9(3)4)11(6)10(12)5;/h7-9H,1-6H3;/q-1;. The average molecular weight is 237 g/mol. The zero-order chi connectivity index (χ0) is 10.2. The first-order valence-electron chi connectivity index (χ1n) is 5.04. The van der Waals surface area contributed by atoms with Crippen LogP contribution in [0.3, 0.4) is 0 Å². The van der Waals surface area contributed by atoms with Crippen LogP contribution in [0.15, 0.2) is 11.4 Å². The molecule has 1 heterocycles. The van der Waals surface area contributed by atoms with Gasteiger partial charge in [0.1, 0.15) is 0 Å². The Morgan fingerprint density at radius 1 is 0.857 bits per heavy atom. The fourth-order valence-electron chi connectivity index (χ4n) is 1.72. The van der Waals surface area contributed by atoms with Crippen molar-refractivity contribution in [3.8, 4) is 0 Å². The van der Waals surface area contributed by atoms with Gasteiger partial charge < -0.3 is 9.80 Å². The zero-order valence-corrected chi connectivity index (χ0v) is 11.1. The van der Waals surface area contributed by atoms with E-state index in [4.69, 9.17) is 0 Å². The summed E-state index contributed by atoms with van der Waals surface area (Å²) in [6, 6.07) is 1.11. The van der Waals surface area contributed by atoms with E-state index in [-0.39, 0.29) is 17.1 Å².